The molecule has 0 aliphatic heterocycles. The zero-order chi connectivity index (χ0) is 14.7. The van der Waals surface area contributed by atoms with Crippen LogP contribution in [0.4, 0.5) is 0 Å². The molecule has 0 fully saturated rings. The van der Waals surface area contributed by atoms with Crippen LogP contribution in [0.5, 0.6) is 0 Å². The van der Waals surface area contributed by atoms with Gasteiger partial charge in [0.2, 0.25) is 0 Å². The predicted octanol–water partition coefficient (Wildman–Crippen LogP) is 3.49. The molecule has 0 atom stereocenters. The summed E-state index contributed by atoms with van der Waals surface area (Å²) in [5, 5.41) is 1.91. The lowest BCUT2D eigenvalue weighted by atomic mass is 9.99. The summed E-state index contributed by atoms with van der Waals surface area (Å²) >= 11 is 1.45. The van der Waals surface area contributed by atoms with Gasteiger partial charge in [-0.1, -0.05) is 48.5 Å². The maximum atomic E-state index is 12.5. The number of aryl methyl sites for hydroxylation is 1. The molecule has 0 aliphatic rings. The van der Waals surface area contributed by atoms with Crippen LogP contribution in [0, 0.1) is 0 Å². The molecule has 0 bridgehead atoms. The van der Waals surface area contributed by atoms with Gasteiger partial charge >= 0.3 is 0 Å². The van der Waals surface area contributed by atoms with Crippen LogP contribution in [0.1, 0.15) is 10.4 Å². The molecule has 0 spiro atoms. The summed E-state index contributed by atoms with van der Waals surface area (Å²) in [5.74, 6) is -0.215. The van der Waals surface area contributed by atoms with Crippen LogP contribution in [0.15, 0.2) is 71.2 Å². The van der Waals surface area contributed by atoms with E-state index in [0.717, 1.165) is 11.1 Å². The van der Waals surface area contributed by atoms with Gasteiger partial charge in [0, 0.05) is 24.2 Å². The fourth-order valence-electron chi connectivity index (χ4n) is 2.12. The average Bonchev–Trinajstić information content (AvgIpc) is 2.93. The third-order valence-corrected chi connectivity index (χ3v) is 4.05. The lowest BCUT2D eigenvalue weighted by molar-refractivity contribution is 0.0998. The zero-order valence-corrected chi connectivity index (χ0v) is 12.4. The molecular weight excluding hydrogens is 280 g/mol. The first-order chi connectivity index (χ1) is 10.3. The molecule has 3 aromatic rings. The van der Waals surface area contributed by atoms with E-state index < -0.39 is 0 Å². The van der Waals surface area contributed by atoms with E-state index in [1.165, 1.54) is 11.3 Å². The Morgan fingerprint density at radius 2 is 1.76 bits per heavy atom. The third-order valence-electron chi connectivity index (χ3n) is 3.20. The molecular formula is C17H14N2OS. The minimum atomic E-state index is -0.215. The number of carbonyl (C=O) groups is 1. The standard InChI is InChI=1S/C17H14N2OS/c1-19-11-12-21-17(19)18-16(20)15-10-6-5-9-14(15)13-7-3-2-4-8-13/h2-12H,1H3. The van der Waals surface area contributed by atoms with E-state index in [1.54, 1.807) is 0 Å². The maximum absolute atomic E-state index is 12.5. The van der Waals surface area contributed by atoms with E-state index in [2.05, 4.69) is 4.99 Å². The van der Waals surface area contributed by atoms with Crippen molar-refractivity contribution in [1.29, 1.82) is 0 Å². The smallest absolute Gasteiger partial charge is 0.280 e. The number of aromatic nitrogens is 1. The molecule has 0 radical (unpaired) electrons. The monoisotopic (exact) mass is 294 g/mol. The largest absolute Gasteiger partial charge is 0.327 e. The summed E-state index contributed by atoms with van der Waals surface area (Å²) in [6.45, 7) is 0. The van der Waals surface area contributed by atoms with Crippen molar-refractivity contribution >= 4 is 17.2 Å². The lowest BCUT2D eigenvalue weighted by Crippen LogP contribution is -2.13. The van der Waals surface area contributed by atoms with Crippen LogP contribution in [0.2, 0.25) is 0 Å². The maximum Gasteiger partial charge on any atom is 0.280 e. The van der Waals surface area contributed by atoms with Gasteiger partial charge in [-0.3, -0.25) is 4.79 Å². The van der Waals surface area contributed by atoms with E-state index in [4.69, 9.17) is 0 Å². The van der Waals surface area contributed by atoms with Gasteiger partial charge in [-0.15, -0.1) is 11.3 Å². The number of hydrogen-bond acceptors (Lipinski definition) is 2. The molecule has 104 valence electrons. The zero-order valence-electron chi connectivity index (χ0n) is 11.6. The van der Waals surface area contributed by atoms with Crippen LogP contribution in [0.3, 0.4) is 0 Å². The van der Waals surface area contributed by atoms with E-state index in [1.807, 2.05) is 77.8 Å². The van der Waals surface area contributed by atoms with E-state index >= 15 is 0 Å². The lowest BCUT2D eigenvalue weighted by Gasteiger charge is -2.06. The van der Waals surface area contributed by atoms with Crippen molar-refractivity contribution in [3.8, 4) is 11.1 Å². The number of nitrogens with zero attached hydrogens (tertiary/aromatic N) is 2. The third kappa shape index (κ3) is 2.85. The molecule has 21 heavy (non-hydrogen) atoms. The number of hydrogen-bond donors (Lipinski definition) is 0. The summed E-state index contributed by atoms with van der Waals surface area (Å²) in [7, 11) is 1.88. The first-order valence-corrected chi connectivity index (χ1v) is 7.47. The Morgan fingerprint density at radius 1 is 1.05 bits per heavy atom. The van der Waals surface area contributed by atoms with Crippen molar-refractivity contribution in [2.75, 3.05) is 0 Å². The van der Waals surface area contributed by atoms with Gasteiger partial charge in [0.05, 0.1) is 0 Å². The second-order valence-corrected chi connectivity index (χ2v) is 5.50. The van der Waals surface area contributed by atoms with E-state index in [0.29, 0.717) is 10.4 Å². The first-order valence-electron chi connectivity index (χ1n) is 6.59. The van der Waals surface area contributed by atoms with Crippen LogP contribution in [0.25, 0.3) is 11.1 Å². The molecule has 1 heterocycles. The molecule has 2 aromatic carbocycles. The van der Waals surface area contributed by atoms with Crippen molar-refractivity contribution in [3.05, 3.63) is 76.5 Å². The molecule has 3 rings (SSSR count). The van der Waals surface area contributed by atoms with Crippen molar-refractivity contribution < 1.29 is 4.79 Å². The summed E-state index contributed by atoms with van der Waals surface area (Å²) in [5.41, 5.74) is 2.55. The Morgan fingerprint density at radius 3 is 2.48 bits per heavy atom. The summed E-state index contributed by atoms with van der Waals surface area (Å²) in [6, 6.07) is 17.5. The highest BCUT2D eigenvalue weighted by Gasteiger charge is 2.11. The van der Waals surface area contributed by atoms with Crippen molar-refractivity contribution in [1.82, 2.24) is 4.57 Å². The summed E-state index contributed by atoms with van der Waals surface area (Å²) in [6.07, 6.45) is 1.89. The van der Waals surface area contributed by atoms with Crippen LogP contribution in [-0.4, -0.2) is 10.5 Å². The van der Waals surface area contributed by atoms with Crippen LogP contribution < -0.4 is 4.80 Å². The van der Waals surface area contributed by atoms with Crippen molar-refractivity contribution in [2.45, 2.75) is 0 Å². The molecule has 0 unspecified atom stereocenters. The fourth-order valence-corrected chi connectivity index (χ4v) is 2.85. The second-order valence-electron chi connectivity index (χ2n) is 4.63. The topological polar surface area (TPSA) is 34.4 Å². The second kappa shape index (κ2) is 5.89. The Bertz CT molecular complexity index is 831. The van der Waals surface area contributed by atoms with Crippen LogP contribution >= 0.6 is 11.3 Å². The molecule has 0 saturated heterocycles. The first kappa shape index (κ1) is 13.5. The number of thiazole rings is 1. The average molecular weight is 294 g/mol. The van der Waals surface area contributed by atoms with E-state index in [9.17, 15) is 4.79 Å². The molecule has 4 heteroatoms. The van der Waals surface area contributed by atoms with Gasteiger partial charge in [0.1, 0.15) is 0 Å². The predicted molar refractivity (Wildman–Crippen MR) is 85.1 cm³/mol. The molecule has 0 saturated carbocycles. The van der Waals surface area contributed by atoms with Gasteiger partial charge in [-0.25, -0.2) is 0 Å². The highest BCUT2D eigenvalue weighted by molar-refractivity contribution is 7.07. The number of carbonyl (C=O) groups excluding carboxylic acids is 1. The number of amides is 1. The van der Waals surface area contributed by atoms with Gasteiger partial charge < -0.3 is 4.57 Å². The highest BCUT2D eigenvalue weighted by Crippen LogP contribution is 2.23. The van der Waals surface area contributed by atoms with Crippen LogP contribution in [-0.2, 0) is 7.05 Å². The minimum Gasteiger partial charge on any atom is -0.327 e. The summed E-state index contributed by atoms with van der Waals surface area (Å²) < 4.78 is 1.84. The quantitative estimate of drug-likeness (QED) is 0.712. The molecule has 3 nitrogen and oxygen atoms in total. The Balaban J connectivity index is 2.08. The molecule has 1 aromatic heterocycles. The van der Waals surface area contributed by atoms with Crippen molar-refractivity contribution in [3.63, 3.8) is 0 Å². The highest BCUT2D eigenvalue weighted by atomic mass is 32.1. The SMILES string of the molecule is Cn1ccsc1=NC(=O)c1ccccc1-c1ccccc1. The Labute approximate surface area is 126 Å². The van der Waals surface area contributed by atoms with Gasteiger partial charge in [0.15, 0.2) is 4.80 Å². The normalized spacial score (nSPS) is 11.6. The molecule has 0 aliphatic carbocycles. The summed E-state index contributed by atoms with van der Waals surface area (Å²) in [4.78, 5) is 17.4. The van der Waals surface area contributed by atoms with Crippen molar-refractivity contribution in [2.24, 2.45) is 12.0 Å². The van der Waals surface area contributed by atoms with E-state index in [-0.39, 0.29) is 5.91 Å². The van der Waals surface area contributed by atoms with Gasteiger partial charge in [0.25, 0.3) is 5.91 Å². The Kier molecular flexibility index (Phi) is 3.79. The van der Waals surface area contributed by atoms with Gasteiger partial charge in [-0.05, 0) is 17.2 Å². The minimum absolute atomic E-state index is 0.215. The molecule has 1 amide bonds. The number of benzene rings is 2. The molecule has 0 N–H and O–H groups in total. The fraction of sp³-hybridized carbons (Fsp3) is 0.0588. The Hall–Kier alpha value is -2.46. The van der Waals surface area contributed by atoms with Gasteiger partial charge in [-0.2, -0.15) is 4.99 Å². The number of rotatable bonds is 2.